The summed E-state index contributed by atoms with van der Waals surface area (Å²) in [5, 5.41) is 7.14. The van der Waals surface area contributed by atoms with E-state index in [4.69, 9.17) is 9.84 Å². The van der Waals surface area contributed by atoms with E-state index in [1.165, 1.54) is 11.3 Å². The van der Waals surface area contributed by atoms with Gasteiger partial charge in [0.1, 0.15) is 5.75 Å². The molecule has 0 saturated carbocycles. The van der Waals surface area contributed by atoms with Gasteiger partial charge in [-0.1, -0.05) is 48.5 Å². The van der Waals surface area contributed by atoms with Gasteiger partial charge >= 0.3 is 0 Å². The first-order valence-electron chi connectivity index (χ1n) is 11.3. The van der Waals surface area contributed by atoms with Crippen molar-refractivity contribution >= 4 is 23.2 Å². The lowest BCUT2D eigenvalue weighted by molar-refractivity contribution is 0.415. The molecular formula is C28H31N3O. The number of nitrogens with zero attached hydrogens (tertiary/aromatic N) is 3. The maximum absolute atomic E-state index is 5.25. The highest BCUT2D eigenvalue weighted by Gasteiger charge is 2.28. The number of benzene rings is 3. The third-order valence-corrected chi connectivity index (χ3v) is 5.95. The van der Waals surface area contributed by atoms with E-state index in [-0.39, 0.29) is 6.04 Å². The van der Waals surface area contributed by atoms with Gasteiger partial charge in [-0.15, -0.1) is 0 Å². The summed E-state index contributed by atoms with van der Waals surface area (Å²) in [5.41, 5.74) is 5.86. The summed E-state index contributed by atoms with van der Waals surface area (Å²) in [6.45, 7) is 6.42. The standard InChI is InChI=1S/C28H31N3O/c1-4-30(5-2)25-17-14-23(15-18-25)28-21-24(29-31(28)26-9-7-6-8-10-26)16-11-22-12-19-27(32-3)20-13-22/h6-20,28H,4-5,21H2,1-3H3. The smallest absolute Gasteiger partial charge is 0.118 e. The Morgan fingerprint density at radius 1 is 0.906 bits per heavy atom. The second-order valence-electron chi connectivity index (χ2n) is 7.86. The molecule has 0 aromatic heterocycles. The summed E-state index contributed by atoms with van der Waals surface area (Å²) in [6.07, 6.45) is 5.11. The van der Waals surface area contributed by atoms with Crippen LogP contribution in [0.4, 0.5) is 11.4 Å². The first-order valence-corrected chi connectivity index (χ1v) is 11.3. The van der Waals surface area contributed by atoms with Gasteiger partial charge < -0.3 is 9.64 Å². The highest BCUT2D eigenvalue weighted by molar-refractivity contribution is 6.01. The number of rotatable bonds is 8. The highest BCUT2D eigenvalue weighted by Crippen LogP contribution is 2.36. The van der Waals surface area contributed by atoms with Crippen LogP contribution in [0, 0.1) is 0 Å². The quantitative estimate of drug-likeness (QED) is 0.409. The maximum Gasteiger partial charge on any atom is 0.118 e. The lowest BCUT2D eigenvalue weighted by Gasteiger charge is -2.25. The van der Waals surface area contributed by atoms with Gasteiger partial charge in [0.05, 0.1) is 24.6 Å². The summed E-state index contributed by atoms with van der Waals surface area (Å²) < 4.78 is 5.25. The van der Waals surface area contributed by atoms with E-state index in [9.17, 15) is 0 Å². The Hall–Kier alpha value is -3.53. The zero-order chi connectivity index (χ0) is 22.3. The fraction of sp³-hybridized carbons (Fsp3) is 0.250. The van der Waals surface area contributed by atoms with Gasteiger partial charge in [0, 0.05) is 25.2 Å². The fourth-order valence-electron chi connectivity index (χ4n) is 4.12. The van der Waals surface area contributed by atoms with Crippen LogP contribution >= 0.6 is 0 Å². The van der Waals surface area contributed by atoms with Crippen LogP contribution < -0.4 is 14.6 Å². The van der Waals surface area contributed by atoms with E-state index in [2.05, 4.69) is 96.6 Å². The first kappa shape index (κ1) is 21.7. The van der Waals surface area contributed by atoms with Crippen molar-refractivity contribution in [3.63, 3.8) is 0 Å². The average molecular weight is 426 g/mol. The Morgan fingerprint density at radius 2 is 1.59 bits per heavy atom. The summed E-state index contributed by atoms with van der Waals surface area (Å²) in [5.74, 6) is 0.865. The zero-order valence-corrected chi connectivity index (χ0v) is 19.1. The molecule has 3 aromatic carbocycles. The van der Waals surface area contributed by atoms with Gasteiger partial charge in [0.2, 0.25) is 0 Å². The third-order valence-electron chi connectivity index (χ3n) is 5.95. The van der Waals surface area contributed by atoms with Crippen LogP contribution in [-0.4, -0.2) is 25.9 Å². The first-order chi connectivity index (χ1) is 15.7. The van der Waals surface area contributed by atoms with Crippen LogP contribution in [0.25, 0.3) is 6.08 Å². The van der Waals surface area contributed by atoms with Crippen molar-refractivity contribution < 1.29 is 4.74 Å². The number of methoxy groups -OCH3 is 1. The Bertz CT molecular complexity index is 1050. The van der Waals surface area contributed by atoms with Gasteiger partial charge in [0.25, 0.3) is 0 Å². The van der Waals surface area contributed by atoms with Crippen LogP contribution in [0.3, 0.4) is 0 Å². The van der Waals surface area contributed by atoms with Gasteiger partial charge in [-0.25, -0.2) is 0 Å². The largest absolute Gasteiger partial charge is 0.497 e. The molecule has 32 heavy (non-hydrogen) atoms. The van der Waals surface area contributed by atoms with Crippen LogP contribution in [-0.2, 0) is 0 Å². The average Bonchev–Trinajstić information content (AvgIpc) is 3.29. The molecule has 0 amide bonds. The van der Waals surface area contributed by atoms with E-state index >= 15 is 0 Å². The third kappa shape index (κ3) is 4.86. The van der Waals surface area contributed by atoms with Crippen molar-refractivity contribution in [1.29, 1.82) is 0 Å². The lowest BCUT2D eigenvalue weighted by atomic mass is 10.00. The van der Waals surface area contributed by atoms with E-state index in [0.29, 0.717) is 0 Å². The van der Waals surface area contributed by atoms with Crippen molar-refractivity contribution in [1.82, 2.24) is 0 Å². The molecule has 0 aliphatic carbocycles. The molecule has 1 atom stereocenters. The van der Waals surface area contributed by atoms with E-state index in [1.807, 2.05) is 18.2 Å². The minimum Gasteiger partial charge on any atom is -0.497 e. The number of para-hydroxylation sites is 1. The van der Waals surface area contributed by atoms with Gasteiger partial charge in [-0.05, 0) is 67.4 Å². The van der Waals surface area contributed by atoms with Crippen molar-refractivity contribution in [2.24, 2.45) is 5.10 Å². The van der Waals surface area contributed by atoms with Crippen LogP contribution in [0.2, 0.25) is 0 Å². The minimum atomic E-state index is 0.179. The highest BCUT2D eigenvalue weighted by atomic mass is 16.5. The summed E-state index contributed by atoms with van der Waals surface area (Å²) in [4.78, 5) is 2.37. The SMILES string of the molecule is CCN(CC)c1ccc(C2CC(C=Cc3ccc(OC)cc3)=NN2c2ccccc2)cc1. The lowest BCUT2D eigenvalue weighted by Crippen LogP contribution is -2.22. The predicted octanol–water partition coefficient (Wildman–Crippen LogP) is 6.56. The molecular weight excluding hydrogens is 394 g/mol. The second kappa shape index (κ2) is 10.2. The molecule has 3 aromatic rings. The zero-order valence-electron chi connectivity index (χ0n) is 19.1. The molecule has 0 radical (unpaired) electrons. The molecule has 4 heteroatoms. The Labute approximate surface area is 191 Å². The topological polar surface area (TPSA) is 28.1 Å². The minimum absolute atomic E-state index is 0.179. The van der Waals surface area contributed by atoms with E-state index in [1.54, 1.807) is 7.11 Å². The van der Waals surface area contributed by atoms with Gasteiger partial charge in [-0.2, -0.15) is 5.10 Å². The molecule has 164 valence electrons. The van der Waals surface area contributed by atoms with Crippen LogP contribution in [0.15, 0.2) is 90.0 Å². The number of anilines is 2. The molecule has 1 aliphatic rings. The predicted molar refractivity (Wildman–Crippen MR) is 136 cm³/mol. The number of ether oxygens (including phenoxy) is 1. The molecule has 1 heterocycles. The maximum atomic E-state index is 5.25. The van der Waals surface area contributed by atoms with E-state index < -0.39 is 0 Å². The van der Waals surface area contributed by atoms with Crippen molar-refractivity contribution in [2.75, 3.05) is 30.1 Å². The fourth-order valence-corrected chi connectivity index (χ4v) is 4.12. The number of allylic oxidation sites excluding steroid dienone is 1. The van der Waals surface area contributed by atoms with Crippen molar-refractivity contribution in [2.45, 2.75) is 26.3 Å². The molecule has 0 spiro atoms. The summed E-state index contributed by atoms with van der Waals surface area (Å²) in [6, 6.07) is 27.6. The molecule has 1 aliphatic heterocycles. The summed E-state index contributed by atoms with van der Waals surface area (Å²) >= 11 is 0. The summed E-state index contributed by atoms with van der Waals surface area (Å²) in [7, 11) is 1.69. The van der Waals surface area contributed by atoms with Gasteiger partial charge in [0.15, 0.2) is 0 Å². The van der Waals surface area contributed by atoms with E-state index in [0.717, 1.165) is 42.2 Å². The molecule has 0 N–H and O–H groups in total. The molecule has 0 fully saturated rings. The normalized spacial score (nSPS) is 15.8. The second-order valence-corrected chi connectivity index (χ2v) is 7.86. The van der Waals surface area contributed by atoms with Crippen molar-refractivity contribution in [3.05, 3.63) is 96.1 Å². The molecule has 0 bridgehead atoms. The Kier molecular flexibility index (Phi) is 6.90. The number of hydrogen-bond donors (Lipinski definition) is 0. The number of hydrogen-bond acceptors (Lipinski definition) is 4. The van der Waals surface area contributed by atoms with Crippen molar-refractivity contribution in [3.8, 4) is 5.75 Å². The molecule has 1 unspecified atom stereocenters. The molecule has 0 saturated heterocycles. The van der Waals surface area contributed by atoms with Crippen LogP contribution in [0.1, 0.15) is 37.4 Å². The molecule has 4 rings (SSSR count). The van der Waals surface area contributed by atoms with Gasteiger partial charge in [-0.3, -0.25) is 5.01 Å². The number of hydrazone groups is 1. The Balaban J connectivity index is 1.58. The Morgan fingerprint density at radius 3 is 2.22 bits per heavy atom. The monoisotopic (exact) mass is 425 g/mol. The molecule has 4 nitrogen and oxygen atoms in total. The van der Waals surface area contributed by atoms with Crippen LogP contribution in [0.5, 0.6) is 5.75 Å².